The molecule has 3 N–H and O–H groups in total. The number of amides is 1. The molecule has 8 nitrogen and oxygen atoms in total. The van der Waals surface area contributed by atoms with Crippen LogP contribution < -0.4 is 10.9 Å². The Bertz CT molecular complexity index is 1070. The fourth-order valence-corrected chi connectivity index (χ4v) is 2.40. The lowest BCUT2D eigenvalue weighted by Gasteiger charge is -2.06. The number of benzene rings is 1. The Labute approximate surface area is 154 Å². The Kier molecular flexibility index (Phi) is 5.23. The number of pyridine rings is 1. The number of aromatic hydroxyl groups is 1. The van der Waals surface area contributed by atoms with Crippen LogP contribution in [0.1, 0.15) is 16.7 Å². The predicted octanol–water partition coefficient (Wildman–Crippen LogP) is 1.27. The van der Waals surface area contributed by atoms with E-state index in [9.17, 15) is 14.7 Å². The van der Waals surface area contributed by atoms with Crippen LogP contribution in [-0.4, -0.2) is 26.0 Å². The van der Waals surface area contributed by atoms with E-state index in [0.717, 1.165) is 5.56 Å². The Morgan fingerprint density at radius 1 is 1.22 bits per heavy atom. The Morgan fingerprint density at radius 3 is 2.67 bits per heavy atom. The van der Waals surface area contributed by atoms with Crippen molar-refractivity contribution in [2.45, 2.75) is 13.0 Å². The molecule has 134 valence electrons. The number of aromatic nitrogens is 3. The molecule has 2 aromatic heterocycles. The number of carbonyl (C=O) groups is 1. The fourth-order valence-electron chi connectivity index (χ4n) is 2.40. The molecule has 3 aromatic rings. The molecule has 0 atom stereocenters. The monoisotopic (exact) mass is 361 g/mol. The summed E-state index contributed by atoms with van der Waals surface area (Å²) in [6.45, 7) is 0.367. The molecule has 27 heavy (non-hydrogen) atoms. The Morgan fingerprint density at radius 2 is 2.00 bits per heavy atom. The topological polar surface area (TPSA) is 132 Å². The molecule has 0 aliphatic rings. The molecule has 0 radical (unpaired) electrons. The molecule has 0 bridgehead atoms. The molecule has 0 aliphatic carbocycles. The first kappa shape index (κ1) is 17.8. The summed E-state index contributed by atoms with van der Waals surface area (Å²) in [5.74, 6) is -0.528. The first-order valence-corrected chi connectivity index (χ1v) is 8.05. The molecular weight excluding hydrogens is 346 g/mol. The van der Waals surface area contributed by atoms with Gasteiger partial charge < -0.3 is 15.4 Å². The number of carbonyl (C=O) groups excluding carboxylic acids is 1. The summed E-state index contributed by atoms with van der Waals surface area (Å²) in [6, 6.07) is 12.5. The van der Waals surface area contributed by atoms with Crippen LogP contribution >= 0.6 is 0 Å². The van der Waals surface area contributed by atoms with Gasteiger partial charge >= 0.3 is 0 Å². The standard InChI is InChI=1S/C19H15N5O3/c20-8-13-6-15(25)17(22-10-13)18-23-11-14(19(27)24-18)7-16(26)21-9-12-4-2-1-3-5-12/h1-6,10-11,25H,7,9H2,(H,21,26)(H,23,24,27). The highest BCUT2D eigenvalue weighted by Crippen LogP contribution is 2.23. The highest BCUT2D eigenvalue weighted by molar-refractivity contribution is 5.78. The van der Waals surface area contributed by atoms with Gasteiger partial charge in [-0.25, -0.2) is 9.97 Å². The van der Waals surface area contributed by atoms with Crippen LogP contribution in [0.5, 0.6) is 5.75 Å². The third kappa shape index (κ3) is 4.35. The number of nitrogens with zero attached hydrogens (tertiary/aromatic N) is 3. The quantitative estimate of drug-likeness (QED) is 0.627. The number of nitrogens with one attached hydrogen (secondary N) is 2. The second-order valence-corrected chi connectivity index (χ2v) is 5.73. The molecule has 0 spiro atoms. The van der Waals surface area contributed by atoms with Crippen LogP contribution in [0, 0.1) is 11.3 Å². The van der Waals surface area contributed by atoms with E-state index in [2.05, 4.69) is 20.3 Å². The first-order valence-electron chi connectivity index (χ1n) is 8.05. The Balaban J connectivity index is 1.71. The van der Waals surface area contributed by atoms with Gasteiger partial charge in [0.05, 0.1) is 12.0 Å². The SMILES string of the molecule is N#Cc1cnc(-c2ncc(CC(=O)NCc3ccccc3)c(=O)[nH]2)c(O)c1. The lowest BCUT2D eigenvalue weighted by molar-refractivity contribution is -0.120. The van der Waals surface area contributed by atoms with E-state index in [4.69, 9.17) is 5.26 Å². The summed E-state index contributed by atoms with van der Waals surface area (Å²) >= 11 is 0. The zero-order valence-corrected chi connectivity index (χ0v) is 14.1. The minimum Gasteiger partial charge on any atom is -0.505 e. The van der Waals surface area contributed by atoms with E-state index < -0.39 is 5.56 Å². The van der Waals surface area contributed by atoms with Crippen LogP contribution in [0.2, 0.25) is 0 Å². The number of hydrogen-bond donors (Lipinski definition) is 3. The van der Waals surface area contributed by atoms with Crippen LogP contribution in [0.15, 0.2) is 53.6 Å². The van der Waals surface area contributed by atoms with Gasteiger partial charge in [0.15, 0.2) is 5.82 Å². The average Bonchev–Trinajstić information content (AvgIpc) is 2.68. The summed E-state index contributed by atoms with van der Waals surface area (Å²) in [5, 5.41) is 21.5. The van der Waals surface area contributed by atoms with Gasteiger partial charge in [-0.2, -0.15) is 5.26 Å². The van der Waals surface area contributed by atoms with Crippen molar-refractivity contribution in [3.63, 3.8) is 0 Å². The van der Waals surface area contributed by atoms with Crippen LogP contribution in [0.25, 0.3) is 11.5 Å². The highest BCUT2D eigenvalue weighted by atomic mass is 16.3. The summed E-state index contributed by atoms with van der Waals surface area (Å²) in [6.07, 6.45) is 2.41. The van der Waals surface area contributed by atoms with Crippen molar-refractivity contribution >= 4 is 5.91 Å². The van der Waals surface area contributed by atoms with Crippen LogP contribution in [0.3, 0.4) is 0 Å². The van der Waals surface area contributed by atoms with E-state index in [0.29, 0.717) is 6.54 Å². The van der Waals surface area contributed by atoms with Crippen molar-refractivity contribution < 1.29 is 9.90 Å². The largest absolute Gasteiger partial charge is 0.505 e. The summed E-state index contributed by atoms with van der Waals surface area (Å²) in [4.78, 5) is 34.7. The van der Waals surface area contributed by atoms with Crippen LogP contribution in [0.4, 0.5) is 0 Å². The molecular formula is C19H15N5O3. The van der Waals surface area contributed by atoms with E-state index >= 15 is 0 Å². The molecule has 0 unspecified atom stereocenters. The second kappa shape index (κ2) is 7.93. The molecule has 0 fully saturated rings. The normalized spacial score (nSPS) is 10.2. The van der Waals surface area contributed by atoms with Crippen molar-refractivity contribution in [3.05, 3.63) is 75.8 Å². The summed E-state index contributed by atoms with van der Waals surface area (Å²) < 4.78 is 0. The third-order valence-corrected chi connectivity index (χ3v) is 3.78. The highest BCUT2D eigenvalue weighted by Gasteiger charge is 2.13. The second-order valence-electron chi connectivity index (χ2n) is 5.73. The van der Waals surface area contributed by atoms with Crippen molar-refractivity contribution in [1.29, 1.82) is 5.26 Å². The lowest BCUT2D eigenvalue weighted by atomic mass is 10.2. The van der Waals surface area contributed by atoms with E-state index in [1.165, 1.54) is 18.5 Å². The van der Waals surface area contributed by atoms with E-state index in [1.54, 1.807) is 0 Å². The van der Waals surface area contributed by atoms with Crippen molar-refractivity contribution in [2.75, 3.05) is 0 Å². The van der Waals surface area contributed by atoms with E-state index in [-0.39, 0.29) is 40.7 Å². The maximum Gasteiger partial charge on any atom is 0.254 e. The van der Waals surface area contributed by atoms with Gasteiger partial charge in [0.2, 0.25) is 5.91 Å². The predicted molar refractivity (Wildman–Crippen MR) is 96.5 cm³/mol. The maximum atomic E-state index is 12.2. The minimum atomic E-state index is -0.500. The summed E-state index contributed by atoms with van der Waals surface area (Å²) in [7, 11) is 0. The van der Waals surface area contributed by atoms with Gasteiger partial charge in [0.25, 0.3) is 5.56 Å². The van der Waals surface area contributed by atoms with Crippen molar-refractivity contribution in [3.8, 4) is 23.3 Å². The molecule has 3 rings (SSSR count). The number of aromatic amines is 1. The van der Waals surface area contributed by atoms with E-state index in [1.807, 2.05) is 36.4 Å². The van der Waals surface area contributed by atoms with Crippen molar-refractivity contribution in [2.24, 2.45) is 0 Å². The maximum absolute atomic E-state index is 12.2. The molecule has 0 aliphatic heterocycles. The average molecular weight is 361 g/mol. The molecule has 2 heterocycles. The summed E-state index contributed by atoms with van der Waals surface area (Å²) in [5.41, 5.74) is 0.880. The lowest BCUT2D eigenvalue weighted by Crippen LogP contribution is -2.27. The van der Waals surface area contributed by atoms with Gasteiger partial charge in [0.1, 0.15) is 17.5 Å². The van der Waals surface area contributed by atoms with Gasteiger partial charge in [0, 0.05) is 30.6 Å². The minimum absolute atomic E-state index is 0.0474. The van der Waals surface area contributed by atoms with Gasteiger partial charge in [-0.15, -0.1) is 0 Å². The number of hydrogen-bond acceptors (Lipinski definition) is 6. The first-order chi connectivity index (χ1) is 13.1. The van der Waals surface area contributed by atoms with Crippen LogP contribution in [-0.2, 0) is 17.8 Å². The fraction of sp³-hybridized carbons (Fsp3) is 0.105. The number of H-pyrrole nitrogens is 1. The zero-order valence-electron chi connectivity index (χ0n) is 14.1. The molecule has 1 amide bonds. The zero-order chi connectivity index (χ0) is 19.2. The molecule has 1 aromatic carbocycles. The van der Waals surface area contributed by atoms with Gasteiger partial charge in [-0.1, -0.05) is 30.3 Å². The smallest absolute Gasteiger partial charge is 0.254 e. The van der Waals surface area contributed by atoms with Crippen molar-refractivity contribution in [1.82, 2.24) is 20.3 Å². The molecule has 0 saturated carbocycles. The van der Waals surface area contributed by atoms with Gasteiger partial charge in [-0.3, -0.25) is 9.59 Å². The van der Waals surface area contributed by atoms with Gasteiger partial charge in [-0.05, 0) is 5.56 Å². The Hall–Kier alpha value is -3.99. The molecule has 0 saturated heterocycles. The molecule has 8 heteroatoms. The number of rotatable bonds is 5. The third-order valence-electron chi connectivity index (χ3n) is 3.78. The number of nitriles is 1.